The molecule has 0 aliphatic rings. The molecule has 20 heavy (non-hydrogen) atoms. The molecule has 0 fully saturated rings. The van der Waals surface area contributed by atoms with Crippen molar-refractivity contribution in [3.63, 3.8) is 0 Å². The smallest absolute Gasteiger partial charge is 0.277 e. The van der Waals surface area contributed by atoms with Crippen LogP contribution < -0.4 is 10.5 Å². The molecule has 0 aliphatic carbocycles. The lowest BCUT2D eigenvalue weighted by Crippen LogP contribution is -2.16. The summed E-state index contributed by atoms with van der Waals surface area (Å²) in [5.41, 5.74) is 1.83. The minimum atomic E-state index is -3.78. The summed E-state index contributed by atoms with van der Waals surface area (Å²) in [4.78, 5) is 11.9. The van der Waals surface area contributed by atoms with Crippen LogP contribution in [-0.2, 0) is 10.0 Å². The van der Waals surface area contributed by atoms with Gasteiger partial charge in [-0.1, -0.05) is 0 Å². The Bertz CT molecular complexity index is 729. The number of H-pyrrole nitrogens is 1. The van der Waals surface area contributed by atoms with E-state index in [2.05, 4.69) is 20.7 Å². The fourth-order valence-corrected chi connectivity index (χ4v) is 2.46. The molecule has 0 atom stereocenters. The van der Waals surface area contributed by atoms with Crippen LogP contribution in [-0.4, -0.2) is 29.7 Å². The molecule has 1 heterocycles. The zero-order valence-corrected chi connectivity index (χ0v) is 11.7. The van der Waals surface area contributed by atoms with Gasteiger partial charge >= 0.3 is 0 Å². The highest BCUT2D eigenvalue weighted by atomic mass is 32.2. The van der Waals surface area contributed by atoms with E-state index in [0.717, 1.165) is 0 Å². The third kappa shape index (κ3) is 2.83. The van der Waals surface area contributed by atoms with Crippen molar-refractivity contribution in [2.45, 2.75) is 18.7 Å². The number of aryl methyl sites for hydroxylation is 2. The Morgan fingerprint density at radius 1 is 1.30 bits per heavy atom. The molecule has 4 N–H and O–H groups in total. The van der Waals surface area contributed by atoms with Gasteiger partial charge in [0, 0.05) is 5.69 Å². The number of hydrogen-bond acceptors (Lipinski definition) is 5. The maximum absolute atomic E-state index is 11.9. The van der Waals surface area contributed by atoms with E-state index in [4.69, 9.17) is 5.14 Å². The predicted molar refractivity (Wildman–Crippen MR) is 71.6 cm³/mol. The number of sulfonamides is 1. The van der Waals surface area contributed by atoms with E-state index in [1.165, 1.54) is 18.3 Å². The lowest BCUT2D eigenvalue weighted by molar-refractivity contribution is 0.102. The minimum Gasteiger partial charge on any atom is -0.320 e. The highest BCUT2D eigenvalue weighted by molar-refractivity contribution is 7.89. The molecule has 0 unspecified atom stereocenters. The Balaban J connectivity index is 2.37. The van der Waals surface area contributed by atoms with Crippen molar-refractivity contribution in [1.82, 2.24) is 15.4 Å². The number of rotatable bonds is 3. The first kappa shape index (κ1) is 14.2. The minimum absolute atomic E-state index is 0.00642. The first-order valence-corrected chi connectivity index (χ1v) is 7.15. The summed E-state index contributed by atoms with van der Waals surface area (Å²) in [5.74, 6) is -0.437. The number of amides is 1. The second-order valence-corrected chi connectivity index (χ2v) is 5.85. The molecule has 1 aromatic carbocycles. The molecule has 0 aliphatic heterocycles. The maximum atomic E-state index is 11.9. The van der Waals surface area contributed by atoms with E-state index >= 15 is 0 Å². The van der Waals surface area contributed by atoms with Gasteiger partial charge in [-0.25, -0.2) is 13.6 Å². The number of nitrogens with two attached hydrogens (primary N) is 1. The summed E-state index contributed by atoms with van der Waals surface area (Å²) in [6.07, 6.45) is 1.29. The van der Waals surface area contributed by atoms with Crippen molar-refractivity contribution in [3.05, 3.63) is 35.2 Å². The van der Waals surface area contributed by atoms with Crippen LogP contribution in [0, 0.1) is 13.8 Å². The van der Waals surface area contributed by atoms with Crippen LogP contribution in [0.5, 0.6) is 0 Å². The molecule has 2 rings (SSSR count). The number of carbonyl (C=O) groups is 1. The molecule has 0 saturated carbocycles. The summed E-state index contributed by atoms with van der Waals surface area (Å²) >= 11 is 0. The number of carbonyl (C=O) groups excluding carboxylic acids is 1. The fraction of sp³-hybridized carbons (Fsp3) is 0.182. The fourth-order valence-electron chi connectivity index (χ4n) is 1.77. The number of nitrogens with one attached hydrogen (secondary N) is 2. The van der Waals surface area contributed by atoms with Crippen LogP contribution in [0.3, 0.4) is 0 Å². The topological polar surface area (TPSA) is 131 Å². The molecular weight excluding hydrogens is 282 g/mol. The molecular formula is C11H13N5O3S. The molecule has 0 saturated heterocycles. The number of benzene rings is 1. The highest BCUT2D eigenvalue weighted by Crippen LogP contribution is 2.24. The summed E-state index contributed by atoms with van der Waals surface area (Å²) < 4.78 is 22.7. The highest BCUT2D eigenvalue weighted by Gasteiger charge is 2.16. The van der Waals surface area contributed by atoms with Crippen molar-refractivity contribution in [2.24, 2.45) is 5.14 Å². The van der Waals surface area contributed by atoms with Crippen molar-refractivity contribution in [1.29, 1.82) is 0 Å². The molecule has 0 bridgehead atoms. The first-order chi connectivity index (χ1) is 9.29. The average Bonchev–Trinajstić information content (AvgIpc) is 2.85. The second-order valence-electron chi connectivity index (χ2n) is 4.29. The van der Waals surface area contributed by atoms with Gasteiger partial charge in [-0.3, -0.25) is 4.79 Å². The number of aromatic amines is 1. The molecule has 106 valence electrons. The molecule has 2 aromatic rings. The van der Waals surface area contributed by atoms with Gasteiger partial charge in [-0.2, -0.15) is 15.4 Å². The van der Waals surface area contributed by atoms with Crippen LogP contribution in [0.4, 0.5) is 5.69 Å². The Morgan fingerprint density at radius 3 is 2.35 bits per heavy atom. The molecule has 0 radical (unpaired) electrons. The molecule has 1 amide bonds. The Hall–Kier alpha value is -2.26. The van der Waals surface area contributed by atoms with Gasteiger partial charge in [0.05, 0.1) is 11.1 Å². The van der Waals surface area contributed by atoms with Crippen LogP contribution >= 0.6 is 0 Å². The summed E-state index contributed by atoms with van der Waals surface area (Å²) in [5, 5.41) is 17.3. The van der Waals surface area contributed by atoms with E-state index in [9.17, 15) is 13.2 Å². The number of anilines is 1. The molecule has 8 nitrogen and oxygen atoms in total. The number of aromatic nitrogens is 3. The van der Waals surface area contributed by atoms with Gasteiger partial charge in [-0.05, 0) is 37.1 Å². The first-order valence-electron chi connectivity index (χ1n) is 5.60. The van der Waals surface area contributed by atoms with Gasteiger partial charge in [0.25, 0.3) is 5.91 Å². The quantitative estimate of drug-likeness (QED) is 0.750. The van der Waals surface area contributed by atoms with Crippen LogP contribution in [0.1, 0.15) is 21.6 Å². The SMILES string of the molecule is Cc1cc(S(N)(=O)=O)cc(C)c1NC(=O)c1cn[nH]n1. The van der Waals surface area contributed by atoms with Gasteiger partial charge in [0.2, 0.25) is 10.0 Å². The number of hydrogen-bond donors (Lipinski definition) is 3. The van der Waals surface area contributed by atoms with Crippen molar-refractivity contribution < 1.29 is 13.2 Å². The van der Waals surface area contributed by atoms with E-state index < -0.39 is 15.9 Å². The largest absolute Gasteiger partial charge is 0.320 e. The second kappa shape index (κ2) is 5.02. The van der Waals surface area contributed by atoms with E-state index in [1.807, 2.05) is 0 Å². The number of primary sulfonamides is 1. The Morgan fingerprint density at radius 2 is 1.90 bits per heavy atom. The van der Waals surface area contributed by atoms with Crippen molar-refractivity contribution in [3.8, 4) is 0 Å². The van der Waals surface area contributed by atoms with Crippen molar-refractivity contribution >= 4 is 21.6 Å². The third-order valence-corrected chi connectivity index (χ3v) is 3.61. The van der Waals surface area contributed by atoms with Gasteiger partial charge < -0.3 is 5.32 Å². The van der Waals surface area contributed by atoms with Gasteiger partial charge in [-0.15, -0.1) is 0 Å². The maximum Gasteiger partial charge on any atom is 0.277 e. The lowest BCUT2D eigenvalue weighted by Gasteiger charge is -2.12. The lowest BCUT2D eigenvalue weighted by atomic mass is 10.1. The summed E-state index contributed by atoms with van der Waals surface area (Å²) in [6, 6.07) is 2.81. The average molecular weight is 295 g/mol. The van der Waals surface area contributed by atoms with Gasteiger partial charge in [0.15, 0.2) is 5.69 Å². The monoisotopic (exact) mass is 295 g/mol. The van der Waals surface area contributed by atoms with Crippen LogP contribution in [0.2, 0.25) is 0 Å². The standard InChI is InChI=1S/C11H13N5O3S/c1-6-3-8(20(12,18)19)4-7(2)10(6)14-11(17)9-5-13-16-15-9/h3-5H,1-2H3,(H,14,17)(H2,12,18,19)(H,13,15,16). The van der Waals surface area contributed by atoms with Crippen LogP contribution in [0.15, 0.2) is 23.2 Å². The predicted octanol–water partition coefficient (Wildman–Crippen LogP) is 0.321. The van der Waals surface area contributed by atoms with Gasteiger partial charge in [0.1, 0.15) is 0 Å². The molecule has 9 heteroatoms. The zero-order valence-electron chi connectivity index (χ0n) is 10.8. The Labute approximate surface area is 115 Å². The van der Waals surface area contributed by atoms with Crippen LogP contribution in [0.25, 0.3) is 0 Å². The normalized spacial score (nSPS) is 11.3. The third-order valence-electron chi connectivity index (χ3n) is 2.72. The van der Waals surface area contributed by atoms with E-state index in [0.29, 0.717) is 16.8 Å². The Kier molecular flexibility index (Phi) is 3.55. The summed E-state index contributed by atoms with van der Waals surface area (Å²) in [6.45, 7) is 3.36. The van der Waals surface area contributed by atoms with E-state index in [-0.39, 0.29) is 10.6 Å². The number of nitrogens with zero attached hydrogens (tertiary/aromatic N) is 2. The zero-order chi connectivity index (χ0) is 14.9. The summed E-state index contributed by atoms with van der Waals surface area (Å²) in [7, 11) is -3.78. The molecule has 0 spiro atoms. The van der Waals surface area contributed by atoms with E-state index in [1.54, 1.807) is 13.8 Å². The van der Waals surface area contributed by atoms with Crippen molar-refractivity contribution in [2.75, 3.05) is 5.32 Å². The molecule has 1 aromatic heterocycles.